The fourth-order valence-electron chi connectivity index (χ4n) is 2.24. The molecule has 1 unspecified atom stereocenters. The van der Waals surface area contributed by atoms with Crippen molar-refractivity contribution in [3.63, 3.8) is 0 Å². The van der Waals surface area contributed by atoms with E-state index in [1.807, 2.05) is 0 Å². The molecule has 1 atom stereocenters. The van der Waals surface area contributed by atoms with Gasteiger partial charge in [-0.05, 0) is 18.1 Å². The molecule has 0 saturated carbocycles. The molecule has 1 aromatic rings. The smallest absolute Gasteiger partial charge is 0.270 e. The summed E-state index contributed by atoms with van der Waals surface area (Å²) in [5.41, 5.74) is 1.17. The minimum atomic E-state index is -3.58. The lowest BCUT2D eigenvalue weighted by Gasteiger charge is -2.34. The second-order valence-electron chi connectivity index (χ2n) is 4.56. The van der Waals surface area contributed by atoms with Gasteiger partial charge in [0.1, 0.15) is 0 Å². The van der Waals surface area contributed by atoms with Gasteiger partial charge in [-0.2, -0.15) is 13.1 Å². The van der Waals surface area contributed by atoms with Crippen LogP contribution in [-0.4, -0.2) is 36.7 Å². The zero-order valence-electron chi connectivity index (χ0n) is 11.2. The maximum Gasteiger partial charge on any atom is 0.277 e. The predicted molar refractivity (Wildman–Crippen MR) is 77.1 cm³/mol. The standard InChI is InChI=1S/C11H17N3O4S2/c1-12-20(17,18)13-10-7-8-14(19(2,15)16)11-6-4-3-5-9(10)11/h3-6,10,12-13H,7-8H2,1-2H3. The predicted octanol–water partition coefficient (Wildman–Crippen LogP) is -0.0488. The van der Waals surface area contributed by atoms with E-state index in [2.05, 4.69) is 9.44 Å². The fourth-order valence-corrected chi connectivity index (χ4v) is 3.94. The lowest BCUT2D eigenvalue weighted by atomic mass is 9.99. The molecule has 9 heteroatoms. The Morgan fingerprint density at radius 1 is 1.20 bits per heavy atom. The molecule has 0 saturated heterocycles. The highest BCUT2D eigenvalue weighted by molar-refractivity contribution is 7.92. The lowest BCUT2D eigenvalue weighted by molar-refractivity contribution is 0.525. The van der Waals surface area contributed by atoms with Crippen LogP contribution in [-0.2, 0) is 20.2 Å². The molecule has 0 spiro atoms. The number of benzene rings is 1. The number of rotatable bonds is 4. The van der Waals surface area contributed by atoms with Crippen molar-refractivity contribution in [3.05, 3.63) is 29.8 Å². The minimum absolute atomic E-state index is 0.243. The van der Waals surface area contributed by atoms with Crippen LogP contribution in [0.1, 0.15) is 18.0 Å². The van der Waals surface area contributed by atoms with Crippen molar-refractivity contribution in [3.8, 4) is 0 Å². The van der Waals surface area contributed by atoms with Gasteiger partial charge in [0.05, 0.1) is 18.0 Å². The largest absolute Gasteiger partial charge is 0.277 e. The normalized spacial score (nSPS) is 19.7. The van der Waals surface area contributed by atoms with Crippen LogP contribution >= 0.6 is 0 Å². The van der Waals surface area contributed by atoms with Crippen LogP contribution in [0.15, 0.2) is 24.3 Å². The van der Waals surface area contributed by atoms with Gasteiger partial charge in [-0.3, -0.25) is 4.31 Å². The van der Waals surface area contributed by atoms with Crippen molar-refractivity contribution in [1.29, 1.82) is 0 Å². The number of para-hydroxylation sites is 1. The van der Waals surface area contributed by atoms with E-state index in [0.717, 1.165) is 6.26 Å². The third-order valence-corrected chi connectivity index (χ3v) is 5.48. The number of anilines is 1. The zero-order chi connectivity index (χ0) is 15.0. The number of nitrogens with zero attached hydrogens (tertiary/aromatic N) is 1. The molecule has 2 N–H and O–H groups in total. The van der Waals surface area contributed by atoms with Crippen molar-refractivity contribution in [2.75, 3.05) is 24.2 Å². The molecule has 1 aliphatic rings. The fraction of sp³-hybridized carbons (Fsp3) is 0.455. The Hall–Kier alpha value is -1.16. The summed E-state index contributed by atoms with van der Waals surface area (Å²) in [5, 5.41) is 0. The molecule has 0 bridgehead atoms. The second-order valence-corrected chi connectivity index (χ2v) is 8.12. The van der Waals surface area contributed by atoms with Gasteiger partial charge in [-0.25, -0.2) is 13.1 Å². The Labute approximate surface area is 119 Å². The van der Waals surface area contributed by atoms with Gasteiger partial charge < -0.3 is 0 Å². The first-order valence-corrected chi connectivity index (χ1v) is 9.35. The third kappa shape index (κ3) is 3.11. The van der Waals surface area contributed by atoms with Crippen LogP contribution in [0.25, 0.3) is 0 Å². The molecule has 1 heterocycles. The van der Waals surface area contributed by atoms with Crippen LogP contribution in [0, 0.1) is 0 Å². The maximum absolute atomic E-state index is 11.8. The average molecular weight is 319 g/mol. The van der Waals surface area contributed by atoms with E-state index < -0.39 is 26.3 Å². The summed E-state index contributed by atoms with van der Waals surface area (Å²) in [6, 6.07) is 6.45. The summed E-state index contributed by atoms with van der Waals surface area (Å²) >= 11 is 0. The van der Waals surface area contributed by atoms with Crippen molar-refractivity contribution >= 4 is 25.9 Å². The number of fused-ring (bicyclic) bond motifs is 1. The maximum atomic E-state index is 11.8. The molecule has 20 heavy (non-hydrogen) atoms. The Morgan fingerprint density at radius 2 is 1.85 bits per heavy atom. The molecule has 7 nitrogen and oxygen atoms in total. The lowest BCUT2D eigenvalue weighted by Crippen LogP contribution is -2.43. The summed E-state index contributed by atoms with van der Waals surface area (Å²) in [7, 11) is -5.63. The van der Waals surface area contributed by atoms with Crippen LogP contribution in [0.3, 0.4) is 0 Å². The highest BCUT2D eigenvalue weighted by Gasteiger charge is 2.31. The molecule has 0 aromatic heterocycles. The summed E-state index contributed by atoms with van der Waals surface area (Å²) in [4.78, 5) is 0. The summed E-state index contributed by atoms with van der Waals surface area (Å²) < 4.78 is 52.7. The van der Waals surface area contributed by atoms with Gasteiger partial charge in [0.15, 0.2) is 0 Å². The molecule has 2 rings (SSSR count). The van der Waals surface area contributed by atoms with Crippen LogP contribution in [0.2, 0.25) is 0 Å². The molecule has 1 aliphatic heterocycles. The van der Waals surface area contributed by atoms with E-state index >= 15 is 0 Å². The van der Waals surface area contributed by atoms with E-state index in [4.69, 9.17) is 0 Å². The Balaban J connectivity index is 2.42. The first-order chi connectivity index (χ1) is 9.24. The highest BCUT2D eigenvalue weighted by atomic mass is 32.2. The van der Waals surface area contributed by atoms with Crippen LogP contribution < -0.4 is 13.7 Å². The van der Waals surface area contributed by atoms with Crippen molar-refractivity contribution < 1.29 is 16.8 Å². The first-order valence-electron chi connectivity index (χ1n) is 6.02. The second kappa shape index (κ2) is 5.32. The van der Waals surface area contributed by atoms with Crippen LogP contribution in [0.5, 0.6) is 0 Å². The highest BCUT2D eigenvalue weighted by Crippen LogP contribution is 2.35. The number of hydrogen-bond donors (Lipinski definition) is 2. The van der Waals surface area contributed by atoms with E-state index in [1.54, 1.807) is 24.3 Å². The first kappa shape index (κ1) is 15.2. The van der Waals surface area contributed by atoms with Gasteiger partial charge in [0.2, 0.25) is 10.0 Å². The molecular formula is C11H17N3O4S2. The van der Waals surface area contributed by atoms with Gasteiger partial charge in [-0.1, -0.05) is 18.2 Å². The van der Waals surface area contributed by atoms with Crippen LogP contribution in [0.4, 0.5) is 5.69 Å². The van der Waals surface area contributed by atoms with E-state index in [9.17, 15) is 16.8 Å². The quantitative estimate of drug-likeness (QED) is 0.813. The number of nitrogens with one attached hydrogen (secondary N) is 2. The Morgan fingerprint density at radius 3 is 2.45 bits per heavy atom. The van der Waals surface area contributed by atoms with Crippen molar-refractivity contribution in [2.45, 2.75) is 12.5 Å². The van der Waals surface area contributed by atoms with Crippen molar-refractivity contribution in [1.82, 2.24) is 9.44 Å². The van der Waals surface area contributed by atoms with Gasteiger partial charge in [0.25, 0.3) is 10.2 Å². The molecule has 1 aromatic carbocycles. The molecular weight excluding hydrogens is 302 g/mol. The molecule has 112 valence electrons. The molecule has 0 fully saturated rings. The van der Waals surface area contributed by atoms with Gasteiger partial charge in [0, 0.05) is 13.6 Å². The Bertz CT molecular complexity index is 700. The Kier molecular flexibility index (Phi) is 4.05. The third-order valence-electron chi connectivity index (χ3n) is 3.17. The number of hydrogen-bond acceptors (Lipinski definition) is 4. The van der Waals surface area contributed by atoms with Gasteiger partial charge in [-0.15, -0.1) is 0 Å². The number of sulfonamides is 1. The monoisotopic (exact) mass is 319 g/mol. The summed E-state index contributed by atoms with van der Waals surface area (Å²) in [6.45, 7) is 0.243. The molecule has 0 amide bonds. The van der Waals surface area contributed by atoms with Gasteiger partial charge >= 0.3 is 0 Å². The minimum Gasteiger partial charge on any atom is -0.270 e. The zero-order valence-corrected chi connectivity index (χ0v) is 12.8. The van der Waals surface area contributed by atoms with E-state index in [-0.39, 0.29) is 6.54 Å². The summed E-state index contributed by atoms with van der Waals surface area (Å²) in [5.74, 6) is 0. The SMILES string of the molecule is CNS(=O)(=O)NC1CCN(S(C)(=O)=O)c2ccccc21. The molecule has 0 radical (unpaired) electrons. The van der Waals surface area contributed by atoms with Crippen molar-refractivity contribution in [2.24, 2.45) is 0 Å². The topological polar surface area (TPSA) is 95.6 Å². The average Bonchev–Trinajstić information content (AvgIpc) is 2.37. The molecule has 0 aliphatic carbocycles. The van der Waals surface area contributed by atoms with E-state index in [0.29, 0.717) is 17.7 Å². The van der Waals surface area contributed by atoms with E-state index in [1.165, 1.54) is 11.4 Å². The summed E-state index contributed by atoms with van der Waals surface area (Å²) in [6.07, 6.45) is 1.52.